The van der Waals surface area contributed by atoms with Gasteiger partial charge in [0.25, 0.3) is 0 Å². The molecule has 3 aliphatic rings. The topological polar surface area (TPSA) is 65.2 Å². The van der Waals surface area contributed by atoms with E-state index in [4.69, 9.17) is 9.73 Å². The summed E-state index contributed by atoms with van der Waals surface area (Å²) in [6.45, 7) is 20.0. The molecule has 2 aromatic carbocycles. The molecule has 5 rings (SSSR count). The fraction of sp³-hybridized carbons (Fsp3) is 0.702. The van der Waals surface area contributed by atoms with Gasteiger partial charge in [0.2, 0.25) is 15.4 Å². The molecule has 0 aliphatic carbocycles. The lowest BCUT2D eigenvalue weighted by molar-refractivity contribution is 0.384. The van der Waals surface area contributed by atoms with Crippen molar-refractivity contribution in [2.45, 2.75) is 182 Å². The Kier molecular flexibility index (Phi) is 15.1. The Morgan fingerprint density at radius 3 is 1.93 bits per heavy atom. The summed E-state index contributed by atoms with van der Waals surface area (Å²) in [5, 5.41) is 1.78. The maximum Gasteiger partial charge on any atom is 0.218 e. The summed E-state index contributed by atoms with van der Waals surface area (Å²) in [5.41, 5.74) is 4.85. The molecule has 0 spiro atoms. The van der Waals surface area contributed by atoms with Crippen LogP contribution in [0.25, 0.3) is 5.57 Å². The van der Waals surface area contributed by atoms with Gasteiger partial charge in [0.1, 0.15) is 17.6 Å². The second-order valence-electron chi connectivity index (χ2n) is 18.1. The Balaban J connectivity index is 1.41. The van der Waals surface area contributed by atoms with Crippen LogP contribution in [0.15, 0.2) is 35.3 Å². The Morgan fingerprint density at radius 1 is 0.800 bits per heavy atom. The van der Waals surface area contributed by atoms with Crippen molar-refractivity contribution in [1.82, 2.24) is 8.88 Å². The van der Waals surface area contributed by atoms with Gasteiger partial charge in [-0.1, -0.05) is 111 Å². The molecule has 55 heavy (non-hydrogen) atoms. The third-order valence-electron chi connectivity index (χ3n) is 12.7. The minimum atomic E-state index is -3.57. The maximum absolute atomic E-state index is 14.6. The first-order valence-corrected chi connectivity index (χ1v) is 23.8. The largest absolute Gasteiger partial charge is 0.452 e. The zero-order chi connectivity index (χ0) is 39.8. The highest BCUT2D eigenvalue weighted by molar-refractivity contribution is 7.89. The van der Waals surface area contributed by atoms with Crippen LogP contribution in [0.5, 0.6) is 11.5 Å². The third-order valence-corrected chi connectivity index (χ3v) is 14.5. The zero-order valence-corrected chi connectivity index (χ0v) is 37.1. The Bertz CT molecular complexity index is 1860. The number of likely N-dealkylation sites (N-methyl/N-ethyl adjacent to an activating group) is 1. The van der Waals surface area contributed by atoms with Gasteiger partial charge < -0.3 is 9.64 Å². The summed E-state index contributed by atoms with van der Waals surface area (Å²) in [4.78, 5) is 7.56. The second-order valence-corrected chi connectivity index (χ2v) is 20.0. The van der Waals surface area contributed by atoms with Crippen molar-refractivity contribution in [2.24, 2.45) is 4.99 Å². The molecule has 0 fully saturated rings. The van der Waals surface area contributed by atoms with Gasteiger partial charge in [-0.05, 0) is 75.3 Å². The number of hydrogen-bond acceptors (Lipinski definition) is 5. The highest BCUT2D eigenvalue weighted by atomic mass is 32.2. The molecule has 0 radical (unpaired) electrons. The maximum atomic E-state index is 14.6. The summed E-state index contributed by atoms with van der Waals surface area (Å²) >= 11 is 0. The van der Waals surface area contributed by atoms with Gasteiger partial charge in [0.05, 0.1) is 17.4 Å². The minimum Gasteiger partial charge on any atom is -0.452 e. The van der Waals surface area contributed by atoms with E-state index in [9.17, 15) is 8.42 Å². The number of benzene rings is 2. The third kappa shape index (κ3) is 10.6. The number of hydrogen-bond donors (Lipinski definition) is 0. The Hall–Kier alpha value is -2.71. The predicted molar refractivity (Wildman–Crippen MR) is 233 cm³/mol. The Morgan fingerprint density at radius 2 is 1.36 bits per heavy atom. The van der Waals surface area contributed by atoms with E-state index in [-0.39, 0.29) is 16.8 Å². The SMILES string of the molecule is CCCCCCCCCCN(CCCCCCCCCC)S(=O)(=O)CC1=CC(C)(C)[N+](CC)=c2cc3c(cc21)=Nc1cc2c(cc1O3)N(C)C(C)(C)CC2C. The van der Waals surface area contributed by atoms with E-state index < -0.39 is 10.0 Å². The second kappa shape index (κ2) is 19.2. The van der Waals surface area contributed by atoms with Gasteiger partial charge in [-0.2, -0.15) is 0 Å². The highest BCUT2D eigenvalue weighted by Gasteiger charge is 2.38. The molecule has 0 aromatic heterocycles. The molecule has 306 valence electrons. The first kappa shape index (κ1) is 43.4. The standard InChI is InChI=1S/C47H75N4O3S/c1-10-13-15-17-19-21-23-25-27-50(28-26-24-22-20-18-16-14-11-2)55(52,53)35-37-34-47(7,8)51(12-3)43-32-45-41(30-39(37)43)48-40-29-38-36(4)33-46(5,6)49(9)42(38)31-44(40)54-45/h29-32,34,36H,10-28,33,35H2,1-9H3/q+1. The first-order valence-electron chi connectivity index (χ1n) is 22.2. The minimum absolute atomic E-state index is 0.00159. The van der Waals surface area contributed by atoms with Gasteiger partial charge in [0, 0.05) is 51.3 Å². The average Bonchev–Trinajstić information content (AvgIpc) is 3.12. The molecule has 0 saturated heterocycles. The fourth-order valence-corrected chi connectivity index (χ4v) is 10.9. The van der Waals surface area contributed by atoms with E-state index in [1.54, 1.807) is 0 Å². The van der Waals surface area contributed by atoms with Crippen molar-refractivity contribution >= 4 is 27.0 Å². The van der Waals surface area contributed by atoms with Crippen molar-refractivity contribution in [3.63, 3.8) is 0 Å². The predicted octanol–water partition coefficient (Wildman–Crippen LogP) is 11.1. The van der Waals surface area contributed by atoms with Gasteiger partial charge in [0.15, 0.2) is 17.0 Å². The number of anilines is 1. The number of fused-ring (bicyclic) bond motifs is 4. The van der Waals surface area contributed by atoms with Crippen LogP contribution in [-0.2, 0) is 10.0 Å². The quantitative estimate of drug-likeness (QED) is 0.0753. The Labute approximate surface area is 335 Å². The summed E-state index contributed by atoms with van der Waals surface area (Å²) in [6, 6.07) is 8.57. The summed E-state index contributed by atoms with van der Waals surface area (Å²) in [7, 11) is -1.39. The lowest BCUT2D eigenvalue weighted by Crippen LogP contribution is -2.50. The van der Waals surface area contributed by atoms with Crippen LogP contribution in [0.4, 0.5) is 11.4 Å². The van der Waals surface area contributed by atoms with E-state index in [0.29, 0.717) is 19.0 Å². The molecule has 0 saturated carbocycles. The molecular formula is C47H75N4O3S+. The smallest absolute Gasteiger partial charge is 0.218 e. The zero-order valence-electron chi connectivity index (χ0n) is 36.2. The van der Waals surface area contributed by atoms with E-state index >= 15 is 0 Å². The van der Waals surface area contributed by atoms with Crippen LogP contribution in [0.3, 0.4) is 0 Å². The molecule has 0 bridgehead atoms. The van der Waals surface area contributed by atoms with Gasteiger partial charge >= 0.3 is 0 Å². The van der Waals surface area contributed by atoms with Crippen molar-refractivity contribution in [2.75, 3.05) is 37.3 Å². The van der Waals surface area contributed by atoms with Crippen molar-refractivity contribution in [3.05, 3.63) is 52.2 Å². The van der Waals surface area contributed by atoms with Crippen LogP contribution >= 0.6 is 0 Å². The molecule has 0 amide bonds. The molecule has 0 N–H and O–H groups in total. The number of nitrogens with zero attached hydrogens (tertiary/aromatic N) is 4. The number of ether oxygens (including phenoxy) is 1. The van der Waals surface area contributed by atoms with Crippen LogP contribution in [0.2, 0.25) is 0 Å². The normalized spacial score (nSPS) is 18.2. The van der Waals surface area contributed by atoms with E-state index in [2.05, 4.69) is 102 Å². The molecule has 8 heteroatoms. The monoisotopic (exact) mass is 776 g/mol. The van der Waals surface area contributed by atoms with Crippen LogP contribution in [-0.4, -0.2) is 56.2 Å². The van der Waals surface area contributed by atoms with Crippen molar-refractivity contribution in [1.29, 1.82) is 0 Å². The van der Waals surface area contributed by atoms with Crippen LogP contribution in [0.1, 0.15) is 182 Å². The average molecular weight is 776 g/mol. The van der Waals surface area contributed by atoms with Gasteiger partial charge in [-0.25, -0.2) is 22.3 Å². The summed E-state index contributed by atoms with van der Waals surface area (Å²) in [5.74, 6) is 1.91. The van der Waals surface area contributed by atoms with Crippen molar-refractivity contribution < 1.29 is 13.2 Å². The summed E-state index contributed by atoms with van der Waals surface area (Å²) in [6.07, 6.45) is 22.5. The van der Waals surface area contributed by atoms with Crippen molar-refractivity contribution in [3.8, 4) is 11.5 Å². The van der Waals surface area contributed by atoms with E-state index in [0.717, 1.165) is 77.7 Å². The summed E-state index contributed by atoms with van der Waals surface area (Å²) < 4.78 is 40.0. The van der Waals surface area contributed by atoms with E-state index in [1.165, 1.54) is 88.3 Å². The molecule has 7 nitrogen and oxygen atoms in total. The lowest BCUT2D eigenvalue weighted by Gasteiger charge is -2.45. The van der Waals surface area contributed by atoms with Gasteiger partial charge in [-0.3, -0.25) is 0 Å². The van der Waals surface area contributed by atoms with Crippen LogP contribution < -0.4 is 24.9 Å². The molecule has 3 heterocycles. The van der Waals surface area contributed by atoms with E-state index in [1.807, 2.05) is 4.31 Å². The number of rotatable bonds is 22. The molecule has 1 unspecified atom stereocenters. The number of unbranched alkanes of at least 4 members (excludes halogenated alkanes) is 14. The molecule has 2 aromatic rings. The molecular weight excluding hydrogens is 701 g/mol. The fourth-order valence-electron chi connectivity index (χ4n) is 9.32. The van der Waals surface area contributed by atoms with Gasteiger partial charge in [-0.15, -0.1) is 0 Å². The molecule has 1 atom stereocenters. The van der Waals surface area contributed by atoms with Crippen LogP contribution in [0, 0.1) is 0 Å². The first-order chi connectivity index (χ1) is 26.2. The highest BCUT2D eigenvalue weighted by Crippen LogP contribution is 2.48. The number of sulfonamides is 1. The molecule has 3 aliphatic heterocycles. The lowest BCUT2D eigenvalue weighted by atomic mass is 9.80.